The SMILES string of the molecule is CCCCC(CCC)NS(=O)(=O)c1ccc(C)cc1Br. The van der Waals surface area contributed by atoms with Gasteiger partial charge in [-0.05, 0) is 53.4 Å². The molecule has 0 amide bonds. The van der Waals surface area contributed by atoms with Crippen molar-refractivity contribution in [1.82, 2.24) is 4.72 Å². The number of hydrogen-bond donors (Lipinski definition) is 1. The molecule has 0 fully saturated rings. The Morgan fingerprint density at radius 1 is 1.20 bits per heavy atom. The van der Waals surface area contributed by atoms with E-state index in [2.05, 4.69) is 34.5 Å². The monoisotopic (exact) mass is 361 g/mol. The van der Waals surface area contributed by atoms with Crippen molar-refractivity contribution in [3.05, 3.63) is 28.2 Å². The van der Waals surface area contributed by atoms with Gasteiger partial charge in [-0.15, -0.1) is 0 Å². The van der Waals surface area contributed by atoms with Crippen molar-refractivity contribution in [3.63, 3.8) is 0 Å². The first-order chi connectivity index (χ1) is 9.40. The van der Waals surface area contributed by atoms with E-state index in [0.717, 1.165) is 37.7 Å². The summed E-state index contributed by atoms with van der Waals surface area (Å²) in [6, 6.07) is 5.33. The number of nitrogens with one attached hydrogen (secondary N) is 1. The highest BCUT2D eigenvalue weighted by molar-refractivity contribution is 9.10. The van der Waals surface area contributed by atoms with Gasteiger partial charge in [0.1, 0.15) is 0 Å². The quantitative estimate of drug-likeness (QED) is 0.745. The molecule has 0 radical (unpaired) electrons. The van der Waals surface area contributed by atoms with Crippen LogP contribution < -0.4 is 4.72 Å². The third-order valence-corrected chi connectivity index (χ3v) is 5.74. The van der Waals surface area contributed by atoms with Gasteiger partial charge in [-0.2, -0.15) is 0 Å². The summed E-state index contributed by atoms with van der Waals surface area (Å²) in [4.78, 5) is 0.320. The highest BCUT2D eigenvalue weighted by Gasteiger charge is 2.21. The number of sulfonamides is 1. The van der Waals surface area contributed by atoms with Crippen LogP contribution in [-0.2, 0) is 10.0 Å². The summed E-state index contributed by atoms with van der Waals surface area (Å²) < 4.78 is 28.4. The Morgan fingerprint density at radius 3 is 2.45 bits per heavy atom. The maximum atomic E-state index is 12.5. The second-order valence-electron chi connectivity index (χ2n) is 5.18. The van der Waals surface area contributed by atoms with Crippen LogP contribution in [0.4, 0.5) is 0 Å². The first-order valence-corrected chi connectivity index (χ1v) is 9.46. The zero-order valence-electron chi connectivity index (χ0n) is 12.4. The molecule has 5 heteroatoms. The van der Waals surface area contributed by atoms with E-state index >= 15 is 0 Å². The van der Waals surface area contributed by atoms with Crippen LogP contribution in [0, 0.1) is 6.92 Å². The van der Waals surface area contributed by atoms with Crippen LogP contribution in [0.2, 0.25) is 0 Å². The predicted molar refractivity (Wildman–Crippen MR) is 87.4 cm³/mol. The van der Waals surface area contributed by atoms with Crippen LogP contribution in [0.3, 0.4) is 0 Å². The Kier molecular flexibility index (Phi) is 7.20. The zero-order valence-corrected chi connectivity index (χ0v) is 14.9. The maximum Gasteiger partial charge on any atom is 0.241 e. The molecule has 0 saturated heterocycles. The van der Waals surface area contributed by atoms with Crippen LogP contribution >= 0.6 is 15.9 Å². The van der Waals surface area contributed by atoms with Crippen molar-refractivity contribution in [2.75, 3.05) is 0 Å². The molecule has 1 N–H and O–H groups in total. The Balaban J connectivity index is 2.91. The number of unbranched alkanes of at least 4 members (excludes halogenated alkanes) is 1. The maximum absolute atomic E-state index is 12.5. The van der Waals surface area contributed by atoms with Gasteiger partial charge in [0.15, 0.2) is 0 Å². The Bertz CT molecular complexity index is 529. The van der Waals surface area contributed by atoms with Gasteiger partial charge in [0.05, 0.1) is 4.90 Å². The molecule has 0 aliphatic carbocycles. The average Bonchev–Trinajstić information content (AvgIpc) is 2.35. The van der Waals surface area contributed by atoms with Crippen molar-refractivity contribution in [2.45, 2.75) is 63.8 Å². The standard InChI is InChI=1S/C15H24BrNO2S/c1-4-6-8-13(7-5-2)17-20(18,19)15-10-9-12(3)11-14(15)16/h9-11,13,17H,4-8H2,1-3H3. The topological polar surface area (TPSA) is 46.2 Å². The van der Waals surface area contributed by atoms with E-state index in [1.54, 1.807) is 6.07 Å². The normalized spacial score (nSPS) is 13.4. The lowest BCUT2D eigenvalue weighted by Crippen LogP contribution is -2.35. The van der Waals surface area contributed by atoms with E-state index in [1.165, 1.54) is 0 Å². The predicted octanol–water partition coefficient (Wildman–Crippen LogP) is 4.39. The second-order valence-corrected chi connectivity index (χ2v) is 7.72. The number of hydrogen-bond acceptors (Lipinski definition) is 2. The van der Waals surface area contributed by atoms with Crippen molar-refractivity contribution in [1.29, 1.82) is 0 Å². The van der Waals surface area contributed by atoms with Gasteiger partial charge in [-0.3, -0.25) is 0 Å². The molecule has 20 heavy (non-hydrogen) atoms. The first-order valence-electron chi connectivity index (χ1n) is 7.19. The van der Waals surface area contributed by atoms with Crippen LogP contribution in [0.25, 0.3) is 0 Å². The molecule has 0 saturated carbocycles. The molecular weight excluding hydrogens is 338 g/mol. The zero-order chi connectivity index (χ0) is 15.2. The fourth-order valence-corrected chi connectivity index (χ4v) is 4.66. The van der Waals surface area contributed by atoms with Crippen LogP contribution in [-0.4, -0.2) is 14.5 Å². The molecule has 0 spiro atoms. The van der Waals surface area contributed by atoms with Gasteiger partial charge in [0, 0.05) is 10.5 Å². The molecule has 0 bridgehead atoms. The summed E-state index contributed by atoms with van der Waals surface area (Å²) >= 11 is 3.35. The van der Waals surface area contributed by atoms with Crippen molar-refractivity contribution < 1.29 is 8.42 Å². The van der Waals surface area contributed by atoms with Crippen LogP contribution in [0.15, 0.2) is 27.6 Å². The number of aryl methyl sites for hydroxylation is 1. The fraction of sp³-hybridized carbons (Fsp3) is 0.600. The summed E-state index contributed by atoms with van der Waals surface area (Å²) in [7, 11) is -3.46. The average molecular weight is 362 g/mol. The van der Waals surface area contributed by atoms with Gasteiger partial charge >= 0.3 is 0 Å². The highest BCUT2D eigenvalue weighted by atomic mass is 79.9. The van der Waals surface area contributed by atoms with E-state index < -0.39 is 10.0 Å². The van der Waals surface area contributed by atoms with E-state index in [9.17, 15) is 8.42 Å². The lowest BCUT2D eigenvalue weighted by Gasteiger charge is -2.18. The van der Waals surface area contributed by atoms with E-state index in [4.69, 9.17) is 0 Å². The second kappa shape index (κ2) is 8.15. The molecule has 1 atom stereocenters. The van der Waals surface area contributed by atoms with Crippen LogP contribution in [0.1, 0.15) is 51.5 Å². The highest BCUT2D eigenvalue weighted by Crippen LogP contribution is 2.24. The van der Waals surface area contributed by atoms with Gasteiger partial charge in [0.2, 0.25) is 10.0 Å². The minimum absolute atomic E-state index is 0.0261. The third kappa shape index (κ3) is 5.19. The summed E-state index contributed by atoms with van der Waals surface area (Å²) in [6.07, 6.45) is 4.88. The molecule has 0 aliphatic rings. The molecule has 1 aromatic rings. The summed E-state index contributed by atoms with van der Waals surface area (Å²) in [5.41, 5.74) is 1.03. The minimum Gasteiger partial charge on any atom is -0.208 e. The lowest BCUT2D eigenvalue weighted by atomic mass is 10.1. The van der Waals surface area contributed by atoms with E-state index in [1.807, 2.05) is 19.1 Å². The Morgan fingerprint density at radius 2 is 1.90 bits per heavy atom. The molecule has 114 valence electrons. The molecular formula is C15H24BrNO2S. The lowest BCUT2D eigenvalue weighted by molar-refractivity contribution is 0.483. The molecule has 3 nitrogen and oxygen atoms in total. The summed E-state index contributed by atoms with van der Waals surface area (Å²) in [6.45, 7) is 6.14. The number of halogens is 1. The van der Waals surface area contributed by atoms with Crippen molar-refractivity contribution >= 4 is 26.0 Å². The largest absolute Gasteiger partial charge is 0.241 e. The van der Waals surface area contributed by atoms with E-state index in [0.29, 0.717) is 9.37 Å². The minimum atomic E-state index is -3.46. The van der Waals surface area contributed by atoms with Crippen LogP contribution in [0.5, 0.6) is 0 Å². The molecule has 0 heterocycles. The van der Waals surface area contributed by atoms with Gasteiger partial charge in [-0.1, -0.05) is 39.2 Å². The smallest absolute Gasteiger partial charge is 0.208 e. The molecule has 1 aromatic carbocycles. The fourth-order valence-electron chi connectivity index (χ4n) is 2.17. The first kappa shape index (κ1) is 17.7. The van der Waals surface area contributed by atoms with Crippen molar-refractivity contribution in [2.24, 2.45) is 0 Å². The molecule has 0 aromatic heterocycles. The Hall–Kier alpha value is -0.390. The Labute approximate surface area is 131 Å². The van der Waals surface area contributed by atoms with Gasteiger partial charge < -0.3 is 0 Å². The summed E-state index contributed by atoms with van der Waals surface area (Å²) in [5, 5.41) is 0. The molecule has 1 unspecified atom stereocenters. The summed E-state index contributed by atoms with van der Waals surface area (Å²) in [5.74, 6) is 0. The third-order valence-electron chi connectivity index (χ3n) is 3.24. The number of benzene rings is 1. The van der Waals surface area contributed by atoms with Crippen molar-refractivity contribution in [3.8, 4) is 0 Å². The van der Waals surface area contributed by atoms with E-state index in [-0.39, 0.29) is 6.04 Å². The number of rotatable bonds is 8. The van der Waals surface area contributed by atoms with Gasteiger partial charge in [-0.25, -0.2) is 13.1 Å². The van der Waals surface area contributed by atoms with Gasteiger partial charge in [0.25, 0.3) is 0 Å². The molecule has 1 rings (SSSR count). The molecule has 0 aliphatic heterocycles.